The topological polar surface area (TPSA) is 49.5 Å². The fourth-order valence-corrected chi connectivity index (χ4v) is 2.39. The molecule has 1 aliphatic rings. The molecule has 1 atom stereocenters. The highest BCUT2D eigenvalue weighted by atomic mass is 16.3. The van der Waals surface area contributed by atoms with Crippen LogP contribution in [-0.4, -0.2) is 42.3 Å². The third-order valence-corrected chi connectivity index (χ3v) is 3.45. The molecule has 0 fully saturated rings. The molecule has 1 aliphatic heterocycles. The van der Waals surface area contributed by atoms with Crippen molar-refractivity contribution in [1.29, 1.82) is 0 Å². The molecule has 0 aliphatic carbocycles. The summed E-state index contributed by atoms with van der Waals surface area (Å²) in [5.41, 5.74) is 8.56. The van der Waals surface area contributed by atoms with Crippen molar-refractivity contribution < 1.29 is 5.11 Å². The van der Waals surface area contributed by atoms with Crippen LogP contribution in [-0.2, 0) is 12.8 Å². The van der Waals surface area contributed by atoms with Crippen molar-refractivity contribution in [2.45, 2.75) is 18.9 Å². The molecule has 2 rings (SSSR count). The number of fused-ring (bicyclic) bond motifs is 1. The minimum Gasteiger partial charge on any atom is -0.395 e. The zero-order valence-electron chi connectivity index (χ0n) is 9.60. The Morgan fingerprint density at radius 1 is 1.19 bits per heavy atom. The Balaban J connectivity index is 2.07. The molecule has 0 bridgehead atoms. The minimum absolute atomic E-state index is 0.120. The molecule has 1 heterocycles. The van der Waals surface area contributed by atoms with Crippen molar-refractivity contribution in [2.24, 2.45) is 5.73 Å². The predicted octanol–water partition coefficient (Wildman–Crippen LogP) is 0.407. The van der Waals surface area contributed by atoms with Crippen LogP contribution < -0.4 is 5.73 Å². The highest BCUT2D eigenvalue weighted by molar-refractivity contribution is 5.28. The van der Waals surface area contributed by atoms with Crippen molar-refractivity contribution in [3.05, 3.63) is 35.4 Å². The first-order valence-electron chi connectivity index (χ1n) is 5.97. The van der Waals surface area contributed by atoms with Gasteiger partial charge in [-0.05, 0) is 24.0 Å². The number of benzene rings is 1. The van der Waals surface area contributed by atoms with E-state index in [1.165, 1.54) is 11.1 Å². The zero-order valence-corrected chi connectivity index (χ0v) is 9.60. The van der Waals surface area contributed by atoms with E-state index in [0.29, 0.717) is 6.54 Å². The number of nitrogens with zero attached hydrogens (tertiary/aromatic N) is 1. The van der Waals surface area contributed by atoms with Crippen molar-refractivity contribution in [3.8, 4) is 0 Å². The lowest BCUT2D eigenvalue weighted by molar-refractivity contribution is 0.132. The largest absolute Gasteiger partial charge is 0.395 e. The molecule has 0 aromatic heterocycles. The van der Waals surface area contributed by atoms with Crippen LogP contribution in [0.15, 0.2) is 24.3 Å². The number of rotatable bonds is 3. The van der Waals surface area contributed by atoms with E-state index in [0.717, 1.165) is 25.9 Å². The van der Waals surface area contributed by atoms with Gasteiger partial charge >= 0.3 is 0 Å². The average molecular weight is 220 g/mol. The molecule has 0 amide bonds. The lowest BCUT2D eigenvalue weighted by atomic mass is 10.0. The van der Waals surface area contributed by atoms with Crippen molar-refractivity contribution in [1.82, 2.24) is 4.90 Å². The van der Waals surface area contributed by atoms with Gasteiger partial charge in [-0.15, -0.1) is 0 Å². The predicted molar refractivity (Wildman–Crippen MR) is 65.4 cm³/mol. The molecule has 3 N–H and O–H groups in total. The van der Waals surface area contributed by atoms with Crippen LogP contribution in [0.4, 0.5) is 0 Å². The smallest absolute Gasteiger partial charge is 0.0599 e. The SMILES string of the molecule is NCC(CO)N1CCc2ccccc2CC1. The van der Waals surface area contributed by atoms with Gasteiger partial charge < -0.3 is 10.8 Å². The summed E-state index contributed by atoms with van der Waals surface area (Å²) in [4.78, 5) is 2.31. The molecule has 16 heavy (non-hydrogen) atoms. The molecule has 88 valence electrons. The van der Waals surface area contributed by atoms with Crippen LogP contribution >= 0.6 is 0 Å². The Morgan fingerprint density at radius 3 is 2.19 bits per heavy atom. The molecule has 1 aromatic carbocycles. The fraction of sp³-hybridized carbons (Fsp3) is 0.538. The van der Waals surface area contributed by atoms with Gasteiger partial charge in [-0.25, -0.2) is 0 Å². The van der Waals surface area contributed by atoms with Gasteiger partial charge in [0.1, 0.15) is 0 Å². The summed E-state index contributed by atoms with van der Waals surface area (Å²) in [6.07, 6.45) is 2.12. The lowest BCUT2D eigenvalue weighted by Gasteiger charge is -2.27. The van der Waals surface area contributed by atoms with Crippen molar-refractivity contribution >= 4 is 0 Å². The van der Waals surface area contributed by atoms with Crippen LogP contribution in [0, 0.1) is 0 Å². The summed E-state index contributed by atoms with van der Waals surface area (Å²) in [5.74, 6) is 0. The van der Waals surface area contributed by atoms with Crippen LogP contribution in [0.1, 0.15) is 11.1 Å². The normalized spacial score (nSPS) is 18.9. The Kier molecular flexibility index (Phi) is 3.93. The summed E-state index contributed by atoms with van der Waals surface area (Å²) < 4.78 is 0. The van der Waals surface area contributed by atoms with Gasteiger partial charge in [0, 0.05) is 25.7 Å². The first kappa shape index (κ1) is 11.6. The molecule has 1 aromatic rings. The number of aliphatic hydroxyl groups excluding tert-OH is 1. The maximum absolute atomic E-state index is 9.27. The van der Waals surface area contributed by atoms with Gasteiger partial charge in [-0.1, -0.05) is 24.3 Å². The van der Waals surface area contributed by atoms with Crippen LogP contribution in [0.3, 0.4) is 0 Å². The fourth-order valence-electron chi connectivity index (χ4n) is 2.39. The third-order valence-electron chi connectivity index (χ3n) is 3.45. The second-order valence-corrected chi connectivity index (χ2v) is 4.38. The number of aliphatic hydroxyl groups is 1. The van der Waals surface area contributed by atoms with E-state index in [2.05, 4.69) is 29.2 Å². The zero-order chi connectivity index (χ0) is 11.4. The molecular weight excluding hydrogens is 200 g/mol. The maximum atomic E-state index is 9.27. The summed E-state index contributed by atoms with van der Waals surface area (Å²) in [5, 5.41) is 9.27. The summed E-state index contributed by atoms with van der Waals surface area (Å²) in [6, 6.07) is 8.72. The second-order valence-electron chi connectivity index (χ2n) is 4.38. The highest BCUT2D eigenvalue weighted by Gasteiger charge is 2.19. The Labute approximate surface area is 96.9 Å². The van der Waals surface area contributed by atoms with Gasteiger partial charge in [0.2, 0.25) is 0 Å². The average Bonchev–Trinajstić information content (AvgIpc) is 2.54. The maximum Gasteiger partial charge on any atom is 0.0599 e. The van der Waals surface area contributed by atoms with Gasteiger partial charge in [0.25, 0.3) is 0 Å². The van der Waals surface area contributed by atoms with Crippen molar-refractivity contribution in [2.75, 3.05) is 26.2 Å². The number of hydrogen-bond donors (Lipinski definition) is 2. The van der Waals surface area contributed by atoms with Gasteiger partial charge in [-0.3, -0.25) is 4.90 Å². The Hall–Kier alpha value is -0.900. The Morgan fingerprint density at radius 2 is 1.75 bits per heavy atom. The van der Waals surface area contributed by atoms with E-state index in [9.17, 15) is 5.11 Å². The molecule has 0 spiro atoms. The quantitative estimate of drug-likeness (QED) is 0.775. The molecule has 3 nitrogen and oxygen atoms in total. The molecule has 3 heteroatoms. The van der Waals surface area contributed by atoms with E-state index < -0.39 is 0 Å². The van der Waals surface area contributed by atoms with E-state index >= 15 is 0 Å². The Bertz CT molecular complexity index is 309. The first-order chi connectivity index (χ1) is 7.85. The summed E-state index contributed by atoms with van der Waals surface area (Å²) in [6.45, 7) is 2.69. The van der Waals surface area contributed by atoms with Gasteiger partial charge in [0.15, 0.2) is 0 Å². The molecule has 0 saturated heterocycles. The first-order valence-corrected chi connectivity index (χ1v) is 5.97. The minimum atomic E-state index is 0.120. The lowest BCUT2D eigenvalue weighted by Crippen LogP contribution is -2.44. The molecule has 1 unspecified atom stereocenters. The van der Waals surface area contributed by atoms with Crippen LogP contribution in [0.25, 0.3) is 0 Å². The standard InChI is InChI=1S/C13H20N2O/c14-9-13(10-16)15-7-5-11-3-1-2-4-12(11)6-8-15/h1-4,13,16H,5-10,14H2. The molecular formula is C13H20N2O. The molecule has 0 saturated carbocycles. The summed E-state index contributed by atoms with van der Waals surface area (Å²) >= 11 is 0. The monoisotopic (exact) mass is 220 g/mol. The van der Waals surface area contributed by atoms with E-state index in [-0.39, 0.29) is 12.6 Å². The number of hydrogen-bond acceptors (Lipinski definition) is 3. The third kappa shape index (κ3) is 2.43. The highest BCUT2D eigenvalue weighted by Crippen LogP contribution is 2.16. The number of nitrogens with two attached hydrogens (primary N) is 1. The van der Waals surface area contributed by atoms with E-state index in [4.69, 9.17) is 5.73 Å². The van der Waals surface area contributed by atoms with E-state index in [1.807, 2.05) is 0 Å². The van der Waals surface area contributed by atoms with Crippen molar-refractivity contribution in [3.63, 3.8) is 0 Å². The van der Waals surface area contributed by atoms with Crippen LogP contribution in [0.5, 0.6) is 0 Å². The van der Waals surface area contributed by atoms with E-state index in [1.54, 1.807) is 0 Å². The van der Waals surface area contributed by atoms with Gasteiger partial charge in [0.05, 0.1) is 6.61 Å². The van der Waals surface area contributed by atoms with Crippen LogP contribution in [0.2, 0.25) is 0 Å². The van der Waals surface area contributed by atoms with Gasteiger partial charge in [-0.2, -0.15) is 0 Å². The second kappa shape index (κ2) is 5.43. The summed E-state index contributed by atoms with van der Waals surface area (Å²) in [7, 11) is 0. The molecule has 0 radical (unpaired) electrons.